The van der Waals surface area contributed by atoms with E-state index in [2.05, 4.69) is 15.3 Å². The number of hydrogen-bond acceptors (Lipinski definition) is 6. The van der Waals surface area contributed by atoms with Gasteiger partial charge in [0, 0.05) is 18.9 Å². The fourth-order valence-corrected chi connectivity index (χ4v) is 4.81. The second kappa shape index (κ2) is 8.93. The SMILES string of the molecule is CS(=O)(=O)c1cc(C(F)(F)F)ccc1Nc1cc(Cl)nc2c1nc(C(F)F)n2C1CCCCO1. The first-order chi connectivity index (χ1) is 15.9. The van der Waals surface area contributed by atoms with Gasteiger partial charge in [0.05, 0.1) is 21.8 Å². The molecule has 1 fully saturated rings. The monoisotopic (exact) mass is 524 g/mol. The van der Waals surface area contributed by atoms with Gasteiger partial charge in [0.2, 0.25) is 0 Å². The van der Waals surface area contributed by atoms with E-state index in [4.69, 9.17) is 16.3 Å². The molecule has 3 aromatic rings. The van der Waals surface area contributed by atoms with Crippen LogP contribution in [0.25, 0.3) is 11.2 Å². The Kier molecular flexibility index (Phi) is 6.46. The van der Waals surface area contributed by atoms with Crippen LogP contribution in [0.1, 0.15) is 43.3 Å². The number of ether oxygens (including phenoxy) is 1. The molecule has 1 unspecified atom stereocenters. The van der Waals surface area contributed by atoms with Crippen LogP contribution in [-0.2, 0) is 20.8 Å². The number of halogens is 6. The van der Waals surface area contributed by atoms with Crippen molar-refractivity contribution in [3.05, 3.63) is 40.8 Å². The first kappa shape index (κ1) is 24.6. The minimum absolute atomic E-state index is 0.00359. The quantitative estimate of drug-likeness (QED) is 0.331. The smallest absolute Gasteiger partial charge is 0.358 e. The number of aromatic nitrogens is 3. The maximum atomic E-state index is 13.9. The Bertz CT molecular complexity index is 1340. The van der Waals surface area contributed by atoms with Crippen LogP contribution in [0, 0.1) is 0 Å². The molecule has 0 radical (unpaired) electrons. The Labute approximate surface area is 195 Å². The standard InChI is InChI=1S/C20H18ClF5N4O3S/c1-34(31,32)13-8-10(20(24,25)26)5-6-11(13)27-12-9-14(21)28-18-16(12)29-19(17(22)23)30(18)15-4-2-3-7-33-15/h5-6,8-9,15,17H,2-4,7H2,1H3,(H,27,28). The van der Waals surface area contributed by atoms with E-state index >= 15 is 0 Å². The summed E-state index contributed by atoms with van der Waals surface area (Å²) in [6.07, 6.45) is -5.79. The highest BCUT2D eigenvalue weighted by Crippen LogP contribution is 2.38. The molecule has 14 heteroatoms. The summed E-state index contributed by atoms with van der Waals surface area (Å²) >= 11 is 6.12. The van der Waals surface area contributed by atoms with Gasteiger partial charge < -0.3 is 10.1 Å². The van der Waals surface area contributed by atoms with Gasteiger partial charge in [-0.3, -0.25) is 4.57 Å². The zero-order chi connectivity index (χ0) is 24.8. The van der Waals surface area contributed by atoms with Gasteiger partial charge in [-0.1, -0.05) is 11.6 Å². The van der Waals surface area contributed by atoms with Crippen molar-refractivity contribution in [3.8, 4) is 0 Å². The maximum Gasteiger partial charge on any atom is 0.416 e. The highest BCUT2D eigenvalue weighted by Gasteiger charge is 2.33. The van der Waals surface area contributed by atoms with Crippen LogP contribution in [0.5, 0.6) is 0 Å². The molecule has 0 aliphatic carbocycles. The molecule has 184 valence electrons. The lowest BCUT2D eigenvalue weighted by Gasteiger charge is -2.25. The molecular weight excluding hydrogens is 507 g/mol. The van der Waals surface area contributed by atoms with Gasteiger partial charge in [0.1, 0.15) is 16.9 Å². The molecule has 1 aliphatic rings. The normalized spacial score (nSPS) is 17.5. The zero-order valence-electron chi connectivity index (χ0n) is 17.5. The summed E-state index contributed by atoms with van der Waals surface area (Å²) in [5, 5.41) is 2.57. The van der Waals surface area contributed by atoms with Crippen LogP contribution in [0.4, 0.5) is 33.3 Å². The number of rotatable bonds is 5. The molecule has 1 saturated heterocycles. The molecule has 1 aliphatic heterocycles. The van der Waals surface area contributed by atoms with Gasteiger partial charge in [0.25, 0.3) is 6.43 Å². The van der Waals surface area contributed by atoms with Crippen molar-refractivity contribution >= 4 is 44.0 Å². The fraction of sp³-hybridized carbons (Fsp3) is 0.400. The minimum atomic E-state index is -4.77. The van der Waals surface area contributed by atoms with Gasteiger partial charge in [-0.05, 0) is 37.5 Å². The molecule has 3 heterocycles. The second-order valence-corrected chi connectivity index (χ2v) is 10.1. The molecule has 0 amide bonds. The Balaban J connectivity index is 1.88. The maximum absolute atomic E-state index is 13.9. The van der Waals surface area contributed by atoms with Gasteiger partial charge in [-0.2, -0.15) is 13.2 Å². The van der Waals surface area contributed by atoms with Crippen molar-refractivity contribution in [2.24, 2.45) is 0 Å². The summed E-state index contributed by atoms with van der Waals surface area (Å²) < 4.78 is 98.4. The summed E-state index contributed by atoms with van der Waals surface area (Å²) in [7, 11) is -4.11. The summed E-state index contributed by atoms with van der Waals surface area (Å²) in [4.78, 5) is 7.48. The third-order valence-electron chi connectivity index (χ3n) is 5.26. The molecule has 0 spiro atoms. The van der Waals surface area contributed by atoms with Crippen LogP contribution in [0.2, 0.25) is 5.15 Å². The average molecular weight is 525 g/mol. The second-order valence-electron chi connectivity index (χ2n) is 7.73. The number of anilines is 2. The lowest BCUT2D eigenvalue weighted by molar-refractivity contribution is -0.137. The highest BCUT2D eigenvalue weighted by molar-refractivity contribution is 7.90. The van der Waals surface area contributed by atoms with Crippen LogP contribution in [-0.4, -0.2) is 35.8 Å². The molecular formula is C20H18ClF5N4O3S. The summed E-state index contributed by atoms with van der Waals surface area (Å²) in [6, 6.07) is 3.36. The number of imidazole rings is 1. The van der Waals surface area contributed by atoms with Crippen LogP contribution in [0.15, 0.2) is 29.2 Å². The van der Waals surface area contributed by atoms with Gasteiger partial charge in [-0.15, -0.1) is 0 Å². The largest absolute Gasteiger partial charge is 0.416 e. The van der Waals surface area contributed by atoms with E-state index in [0.717, 1.165) is 29.7 Å². The Morgan fingerprint density at radius 2 is 1.91 bits per heavy atom. The van der Waals surface area contributed by atoms with Crippen molar-refractivity contribution in [2.75, 3.05) is 18.2 Å². The number of hydrogen-bond donors (Lipinski definition) is 1. The Hall–Kier alpha value is -2.51. The molecule has 1 aromatic carbocycles. The summed E-state index contributed by atoms with van der Waals surface area (Å²) in [6.45, 7) is 0.363. The molecule has 4 rings (SSSR count). The van der Waals surface area contributed by atoms with E-state index in [1.54, 1.807) is 0 Å². The van der Waals surface area contributed by atoms with E-state index in [0.29, 0.717) is 25.2 Å². The van der Waals surface area contributed by atoms with Crippen molar-refractivity contribution in [2.45, 2.75) is 43.0 Å². The molecule has 34 heavy (non-hydrogen) atoms. The Morgan fingerprint density at radius 3 is 2.50 bits per heavy atom. The predicted octanol–water partition coefficient (Wildman–Crippen LogP) is 5.89. The number of nitrogens with one attached hydrogen (secondary N) is 1. The van der Waals surface area contributed by atoms with Gasteiger partial charge in [0.15, 0.2) is 21.3 Å². The molecule has 2 aromatic heterocycles. The number of pyridine rings is 1. The van der Waals surface area contributed by atoms with Crippen LogP contribution >= 0.6 is 11.6 Å². The lowest BCUT2D eigenvalue weighted by atomic mass is 10.2. The minimum Gasteiger partial charge on any atom is -0.358 e. The average Bonchev–Trinajstić information content (AvgIpc) is 3.13. The van der Waals surface area contributed by atoms with Gasteiger partial charge in [-0.25, -0.2) is 27.2 Å². The third kappa shape index (κ3) is 4.82. The first-order valence-corrected chi connectivity index (χ1v) is 12.3. The van der Waals surface area contributed by atoms with Crippen molar-refractivity contribution in [1.82, 2.24) is 14.5 Å². The predicted molar refractivity (Wildman–Crippen MR) is 114 cm³/mol. The van der Waals surface area contributed by atoms with Crippen LogP contribution < -0.4 is 5.32 Å². The van der Waals surface area contributed by atoms with Crippen molar-refractivity contribution in [3.63, 3.8) is 0 Å². The van der Waals surface area contributed by atoms with Gasteiger partial charge >= 0.3 is 6.18 Å². The summed E-state index contributed by atoms with van der Waals surface area (Å²) in [5.41, 5.74) is -1.45. The molecule has 0 bridgehead atoms. The number of sulfone groups is 1. The number of alkyl halides is 5. The Morgan fingerprint density at radius 1 is 1.18 bits per heavy atom. The van der Waals surface area contributed by atoms with E-state index in [1.165, 1.54) is 6.07 Å². The number of benzene rings is 1. The van der Waals surface area contributed by atoms with Crippen molar-refractivity contribution < 1.29 is 35.1 Å². The first-order valence-electron chi connectivity index (χ1n) is 10.0. The molecule has 1 atom stereocenters. The van der Waals surface area contributed by atoms with E-state index in [9.17, 15) is 30.4 Å². The molecule has 1 N–H and O–H groups in total. The van der Waals surface area contributed by atoms with Crippen molar-refractivity contribution in [1.29, 1.82) is 0 Å². The van der Waals surface area contributed by atoms with E-state index < -0.39 is 45.0 Å². The molecule has 7 nitrogen and oxygen atoms in total. The number of fused-ring (bicyclic) bond motifs is 1. The third-order valence-corrected chi connectivity index (χ3v) is 6.59. The van der Waals surface area contributed by atoms with E-state index in [1.807, 2.05) is 0 Å². The topological polar surface area (TPSA) is 86.1 Å². The lowest BCUT2D eigenvalue weighted by Crippen LogP contribution is -2.20. The fourth-order valence-electron chi connectivity index (χ4n) is 3.76. The number of nitrogens with zero attached hydrogens (tertiary/aromatic N) is 3. The highest BCUT2D eigenvalue weighted by atomic mass is 35.5. The zero-order valence-corrected chi connectivity index (χ0v) is 19.1. The van der Waals surface area contributed by atoms with E-state index in [-0.39, 0.29) is 27.7 Å². The summed E-state index contributed by atoms with van der Waals surface area (Å²) in [5.74, 6) is -0.615. The molecule has 0 saturated carbocycles. The van der Waals surface area contributed by atoms with Crippen LogP contribution in [0.3, 0.4) is 0 Å².